The second-order valence-corrected chi connectivity index (χ2v) is 5.93. The molecule has 0 unspecified atom stereocenters. The Hall–Kier alpha value is -2.20. The molecule has 0 aromatic heterocycles. The van der Waals surface area contributed by atoms with Gasteiger partial charge in [-0.15, -0.1) is 0 Å². The molecule has 0 aliphatic heterocycles. The van der Waals surface area contributed by atoms with E-state index in [0.717, 1.165) is 22.5 Å². The number of nitrogens with one attached hydrogen (secondary N) is 2. The number of carbonyl (C=O) groups is 1. The Morgan fingerprint density at radius 1 is 1.09 bits per heavy atom. The Bertz CT molecular complexity index is 729. The molecule has 2 rings (SSSR count). The zero-order chi connectivity index (χ0) is 17.0. The Morgan fingerprint density at radius 2 is 1.83 bits per heavy atom. The van der Waals surface area contributed by atoms with Crippen molar-refractivity contribution in [1.82, 2.24) is 0 Å². The maximum Gasteiger partial charge on any atom is 0.243 e. The molecular formula is C18H21ClN2O2. The summed E-state index contributed by atoms with van der Waals surface area (Å²) in [6, 6.07) is 9.53. The van der Waals surface area contributed by atoms with Crippen molar-refractivity contribution in [3.8, 4) is 5.75 Å². The van der Waals surface area contributed by atoms with E-state index < -0.39 is 0 Å². The van der Waals surface area contributed by atoms with E-state index in [1.54, 1.807) is 13.2 Å². The molecule has 5 heteroatoms. The monoisotopic (exact) mass is 332 g/mol. The van der Waals surface area contributed by atoms with Crippen molar-refractivity contribution in [2.45, 2.75) is 20.8 Å². The van der Waals surface area contributed by atoms with Crippen LogP contribution in [-0.4, -0.2) is 19.6 Å². The van der Waals surface area contributed by atoms with Crippen molar-refractivity contribution in [2.24, 2.45) is 0 Å². The highest BCUT2D eigenvalue weighted by atomic mass is 35.5. The Morgan fingerprint density at radius 3 is 2.48 bits per heavy atom. The van der Waals surface area contributed by atoms with Crippen molar-refractivity contribution in [3.05, 3.63) is 52.0 Å². The Kier molecular flexibility index (Phi) is 5.50. The van der Waals surface area contributed by atoms with Crippen LogP contribution in [0.25, 0.3) is 0 Å². The molecule has 1 amide bonds. The van der Waals surface area contributed by atoms with Crippen LogP contribution in [0.5, 0.6) is 5.75 Å². The number of halogens is 1. The molecule has 0 atom stereocenters. The molecule has 2 aromatic carbocycles. The predicted octanol–water partition coefficient (Wildman–Crippen LogP) is 4.32. The van der Waals surface area contributed by atoms with E-state index in [1.165, 1.54) is 5.56 Å². The Labute approximate surface area is 141 Å². The molecule has 0 heterocycles. The van der Waals surface area contributed by atoms with Gasteiger partial charge >= 0.3 is 0 Å². The first kappa shape index (κ1) is 17.2. The summed E-state index contributed by atoms with van der Waals surface area (Å²) in [4.78, 5) is 12.1. The third-order valence-corrected chi connectivity index (χ3v) is 3.98. The van der Waals surface area contributed by atoms with E-state index in [1.807, 2.05) is 45.0 Å². The molecule has 0 aliphatic carbocycles. The smallest absolute Gasteiger partial charge is 0.243 e. The fourth-order valence-electron chi connectivity index (χ4n) is 2.29. The van der Waals surface area contributed by atoms with Crippen LogP contribution in [0.4, 0.5) is 11.4 Å². The number of carbonyl (C=O) groups excluding carboxylic acids is 1. The summed E-state index contributed by atoms with van der Waals surface area (Å²) in [5.74, 6) is 0.492. The molecule has 122 valence electrons. The lowest BCUT2D eigenvalue weighted by atomic mass is 10.1. The highest BCUT2D eigenvalue weighted by Crippen LogP contribution is 2.30. The molecule has 2 aromatic rings. The van der Waals surface area contributed by atoms with Gasteiger partial charge in [0.25, 0.3) is 0 Å². The average Bonchev–Trinajstić information content (AvgIpc) is 2.50. The van der Waals surface area contributed by atoms with Gasteiger partial charge in [0.2, 0.25) is 5.91 Å². The minimum Gasteiger partial charge on any atom is -0.495 e. The summed E-state index contributed by atoms with van der Waals surface area (Å²) in [6.07, 6.45) is 0. The lowest BCUT2D eigenvalue weighted by molar-refractivity contribution is -0.114. The van der Waals surface area contributed by atoms with Crippen molar-refractivity contribution >= 4 is 28.9 Å². The number of amides is 1. The van der Waals surface area contributed by atoms with Crippen molar-refractivity contribution < 1.29 is 9.53 Å². The molecule has 0 aliphatic rings. The molecule has 0 bridgehead atoms. The van der Waals surface area contributed by atoms with Gasteiger partial charge in [0.05, 0.1) is 19.3 Å². The van der Waals surface area contributed by atoms with Crippen LogP contribution >= 0.6 is 11.6 Å². The summed E-state index contributed by atoms with van der Waals surface area (Å²) in [6.45, 7) is 6.05. The van der Waals surface area contributed by atoms with Gasteiger partial charge < -0.3 is 15.4 Å². The van der Waals surface area contributed by atoms with E-state index in [0.29, 0.717) is 10.8 Å². The summed E-state index contributed by atoms with van der Waals surface area (Å²) in [5.41, 5.74) is 4.69. The highest BCUT2D eigenvalue weighted by Gasteiger charge is 2.09. The van der Waals surface area contributed by atoms with Crippen molar-refractivity contribution in [1.29, 1.82) is 0 Å². The molecule has 0 saturated carbocycles. The van der Waals surface area contributed by atoms with Crippen LogP contribution in [0.3, 0.4) is 0 Å². The topological polar surface area (TPSA) is 50.4 Å². The first-order valence-corrected chi connectivity index (χ1v) is 7.73. The van der Waals surface area contributed by atoms with Crippen molar-refractivity contribution in [2.75, 3.05) is 24.3 Å². The molecule has 0 saturated heterocycles. The second-order valence-electron chi connectivity index (χ2n) is 5.52. The molecule has 2 N–H and O–H groups in total. The van der Waals surface area contributed by atoms with Gasteiger partial charge in [0.1, 0.15) is 5.75 Å². The maximum absolute atomic E-state index is 12.1. The van der Waals surface area contributed by atoms with Crippen LogP contribution in [0, 0.1) is 20.8 Å². The van der Waals surface area contributed by atoms with Crippen LogP contribution in [0.1, 0.15) is 16.7 Å². The predicted molar refractivity (Wildman–Crippen MR) is 95.8 cm³/mol. The van der Waals surface area contributed by atoms with Crippen LogP contribution in [0.15, 0.2) is 30.3 Å². The van der Waals surface area contributed by atoms with Gasteiger partial charge in [-0.05, 0) is 44.0 Å². The first-order valence-electron chi connectivity index (χ1n) is 7.36. The zero-order valence-electron chi connectivity index (χ0n) is 13.8. The first-order chi connectivity index (χ1) is 10.9. The van der Waals surface area contributed by atoms with E-state index in [-0.39, 0.29) is 12.5 Å². The number of ether oxygens (including phenoxy) is 1. The minimum absolute atomic E-state index is 0.119. The van der Waals surface area contributed by atoms with E-state index >= 15 is 0 Å². The quantitative estimate of drug-likeness (QED) is 0.857. The number of benzene rings is 2. The van der Waals surface area contributed by atoms with Crippen molar-refractivity contribution in [3.63, 3.8) is 0 Å². The fraction of sp³-hybridized carbons (Fsp3) is 0.278. The summed E-state index contributed by atoms with van der Waals surface area (Å²) in [5, 5.41) is 6.62. The highest BCUT2D eigenvalue weighted by molar-refractivity contribution is 6.31. The maximum atomic E-state index is 12.1. The summed E-state index contributed by atoms with van der Waals surface area (Å²) >= 11 is 6.08. The number of anilines is 2. The van der Waals surface area contributed by atoms with E-state index in [4.69, 9.17) is 16.3 Å². The van der Waals surface area contributed by atoms with Gasteiger partial charge in [-0.25, -0.2) is 0 Å². The third kappa shape index (κ3) is 4.39. The van der Waals surface area contributed by atoms with Gasteiger partial charge in [-0.3, -0.25) is 4.79 Å². The second kappa shape index (κ2) is 7.38. The van der Waals surface area contributed by atoms with Crippen LogP contribution in [0.2, 0.25) is 5.02 Å². The Balaban J connectivity index is 2.03. The largest absolute Gasteiger partial charge is 0.495 e. The SMILES string of the molecule is COc1cc(Cl)c(C)cc1NCC(=O)Nc1ccc(C)cc1C. The van der Waals surface area contributed by atoms with Gasteiger partial charge in [0, 0.05) is 16.8 Å². The number of hydrogen-bond donors (Lipinski definition) is 2. The lowest BCUT2D eigenvalue weighted by Gasteiger charge is -2.14. The van der Waals surface area contributed by atoms with Crippen LogP contribution < -0.4 is 15.4 Å². The molecule has 4 nitrogen and oxygen atoms in total. The normalized spacial score (nSPS) is 10.3. The van der Waals surface area contributed by atoms with Gasteiger partial charge in [0.15, 0.2) is 0 Å². The lowest BCUT2D eigenvalue weighted by Crippen LogP contribution is -2.22. The molecule has 0 fully saturated rings. The summed E-state index contributed by atoms with van der Waals surface area (Å²) < 4.78 is 5.29. The molecule has 0 spiro atoms. The summed E-state index contributed by atoms with van der Waals surface area (Å²) in [7, 11) is 1.57. The fourth-order valence-corrected chi connectivity index (χ4v) is 2.45. The van der Waals surface area contributed by atoms with Crippen LogP contribution in [-0.2, 0) is 4.79 Å². The minimum atomic E-state index is -0.119. The molecule has 0 radical (unpaired) electrons. The van der Waals surface area contributed by atoms with Gasteiger partial charge in [-0.2, -0.15) is 0 Å². The number of rotatable bonds is 5. The number of aryl methyl sites for hydroxylation is 3. The molecule has 23 heavy (non-hydrogen) atoms. The number of methoxy groups -OCH3 is 1. The van der Waals surface area contributed by atoms with E-state index in [9.17, 15) is 4.79 Å². The standard InChI is InChI=1S/C18H21ClN2O2/c1-11-5-6-15(13(3)7-11)21-18(22)10-20-16-8-12(2)14(19)9-17(16)23-4/h5-9,20H,10H2,1-4H3,(H,21,22). The number of hydrogen-bond acceptors (Lipinski definition) is 3. The van der Waals surface area contributed by atoms with Gasteiger partial charge in [-0.1, -0.05) is 29.3 Å². The average molecular weight is 333 g/mol. The third-order valence-electron chi connectivity index (χ3n) is 3.58. The zero-order valence-corrected chi connectivity index (χ0v) is 14.5. The van der Waals surface area contributed by atoms with E-state index in [2.05, 4.69) is 10.6 Å². The molecular weight excluding hydrogens is 312 g/mol.